The van der Waals surface area contributed by atoms with Crippen LogP contribution in [0.25, 0.3) is 0 Å². The van der Waals surface area contributed by atoms with Gasteiger partial charge in [-0.25, -0.2) is 0 Å². The van der Waals surface area contributed by atoms with Crippen LogP contribution < -0.4 is 4.90 Å². The molecule has 1 fully saturated rings. The summed E-state index contributed by atoms with van der Waals surface area (Å²) < 4.78 is 0. The van der Waals surface area contributed by atoms with Crippen LogP contribution in [-0.2, 0) is 11.4 Å². The number of thiol groups is 1. The topological polar surface area (TPSA) is 53.4 Å². The third-order valence-corrected chi connectivity index (χ3v) is 2.80. The summed E-state index contributed by atoms with van der Waals surface area (Å²) in [6.45, 7) is 0.500. The molecular formula is C10H12N2O2S. The van der Waals surface area contributed by atoms with Gasteiger partial charge in [0.25, 0.3) is 0 Å². The number of aliphatic hydroxyl groups excluding tert-OH is 1. The minimum Gasteiger partial charge on any atom is -0.392 e. The van der Waals surface area contributed by atoms with Gasteiger partial charge in [-0.1, -0.05) is 0 Å². The Bertz CT molecular complexity index is 383. The minimum atomic E-state index is -0.0845. The molecule has 0 bridgehead atoms. The number of carbonyl (C=O) groups is 1. The summed E-state index contributed by atoms with van der Waals surface area (Å²) in [5, 5.41) is 9.22. The number of hydrogen-bond donors (Lipinski definition) is 2. The first-order valence-corrected chi connectivity index (χ1v) is 5.26. The van der Waals surface area contributed by atoms with Crippen LogP contribution in [0.5, 0.6) is 0 Å². The molecule has 0 radical (unpaired) electrons. The number of hydrogen-bond acceptors (Lipinski definition) is 4. The number of nitrogens with zero attached hydrogens (tertiary/aromatic N) is 2. The summed E-state index contributed by atoms with van der Waals surface area (Å²) in [7, 11) is 0. The molecule has 4 nitrogen and oxygen atoms in total. The molecule has 0 aromatic carbocycles. The molecule has 1 N–H and O–H groups in total. The third kappa shape index (κ3) is 1.98. The van der Waals surface area contributed by atoms with E-state index in [1.807, 2.05) is 0 Å². The Morgan fingerprint density at radius 1 is 1.67 bits per heavy atom. The van der Waals surface area contributed by atoms with Gasteiger partial charge in [0.15, 0.2) is 0 Å². The Kier molecular flexibility index (Phi) is 2.93. The lowest BCUT2D eigenvalue weighted by molar-refractivity contribution is -0.117. The standard InChI is InChI=1S/C10H12N2O2S/c13-6-7-1-2-11-4-9(7)12-5-8(15)3-10(12)14/h1-2,4,8,13,15H,3,5-6H2. The molecule has 1 atom stereocenters. The van der Waals surface area contributed by atoms with Crippen molar-refractivity contribution in [2.24, 2.45) is 0 Å². The maximum absolute atomic E-state index is 11.6. The molecule has 5 heteroatoms. The van der Waals surface area contributed by atoms with E-state index in [0.29, 0.717) is 18.7 Å². The highest BCUT2D eigenvalue weighted by Crippen LogP contribution is 2.26. The fraction of sp³-hybridized carbons (Fsp3) is 0.400. The van der Waals surface area contributed by atoms with Gasteiger partial charge in [0.05, 0.1) is 18.5 Å². The van der Waals surface area contributed by atoms with Gasteiger partial charge >= 0.3 is 0 Å². The van der Waals surface area contributed by atoms with E-state index in [0.717, 1.165) is 5.56 Å². The zero-order chi connectivity index (χ0) is 10.8. The van der Waals surface area contributed by atoms with Gasteiger partial charge in [0, 0.05) is 30.0 Å². The van der Waals surface area contributed by atoms with Gasteiger partial charge < -0.3 is 10.0 Å². The molecule has 0 aliphatic carbocycles. The second-order valence-corrected chi connectivity index (χ2v) is 4.26. The summed E-state index contributed by atoms with van der Waals surface area (Å²) in [6.07, 6.45) is 3.66. The van der Waals surface area contributed by atoms with E-state index in [9.17, 15) is 4.79 Å². The zero-order valence-corrected chi connectivity index (χ0v) is 9.02. The van der Waals surface area contributed by atoms with Crippen molar-refractivity contribution in [3.8, 4) is 0 Å². The van der Waals surface area contributed by atoms with E-state index < -0.39 is 0 Å². The van der Waals surface area contributed by atoms with Gasteiger partial charge in [-0.15, -0.1) is 0 Å². The first-order chi connectivity index (χ1) is 7.22. The van der Waals surface area contributed by atoms with Crippen LogP contribution in [0.4, 0.5) is 5.69 Å². The van der Waals surface area contributed by atoms with E-state index in [4.69, 9.17) is 5.11 Å². The van der Waals surface area contributed by atoms with E-state index in [1.54, 1.807) is 23.4 Å². The first-order valence-electron chi connectivity index (χ1n) is 4.74. The molecule has 1 unspecified atom stereocenters. The molecule has 1 saturated heterocycles. The molecule has 1 aromatic heterocycles. The lowest BCUT2D eigenvalue weighted by Gasteiger charge is -2.18. The molecule has 1 aliphatic rings. The number of amides is 1. The van der Waals surface area contributed by atoms with E-state index >= 15 is 0 Å². The van der Waals surface area contributed by atoms with Crippen LogP contribution in [0.1, 0.15) is 12.0 Å². The monoisotopic (exact) mass is 224 g/mol. The number of aliphatic hydroxyl groups is 1. The lowest BCUT2D eigenvalue weighted by Crippen LogP contribution is -2.25. The predicted molar refractivity (Wildman–Crippen MR) is 59.9 cm³/mol. The molecule has 0 spiro atoms. The van der Waals surface area contributed by atoms with Crippen molar-refractivity contribution in [1.29, 1.82) is 0 Å². The smallest absolute Gasteiger partial charge is 0.228 e. The zero-order valence-electron chi connectivity index (χ0n) is 8.13. The van der Waals surface area contributed by atoms with Gasteiger partial charge in [-0.05, 0) is 6.07 Å². The summed E-state index contributed by atoms with van der Waals surface area (Å²) in [4.78, 5) is 17.2. The highest BCUT2D eigenvalue weighted by atomic mass is 32.1. The number of aromatic nitrogens is 1. The van der Waals surface area contributed by atoms with Crippen LogP contribution in [0.15, 0.2) is 18.5 Å². The van der Waals surface area contributed by atoms with Crippen molar-refractivity contribution in [1.82, 2.24) is 4.98 Å². The summed E-state index contributed by atoms with van der Waals surface area (Å²) >= 11 is 4.28. The Balaban J connectivity index is 2.33. The van der Waals surface area contributed by atoms with Gasteiger partial charge in [-0.3, -0.25) is 9.78 Å². The van der Waals surface area contributed by atoms with E-state index in [-0.39, 0.29) is 17.8 Å². The second-order valence-electron chi connectivity index (χ2n) is 3.52. The van der Waals surface area contributed by atoms with Crippen molar-refractivity contribution in [2.45, 2.75) is 18.3 Å². The Labute approximate surface area is 93.3 Å². The number of anilines is 1. The van der Waals surface area contributed by atoms with Crippen molar-refractivity contribution in [3.05, 3.63) is 24.0 Å². The fourth-order valence-electron chi connectivity index (χ4n) is 1.71. The Morgan fingerprint density at radius 3 is 3.07 bits per heavy atom. The fourth-order valence-corrected chi connectivity index (χ4v) is 2.03. The molecular weight excluding hydrogens is 212 g/mol. The predicted octanol–water partition coefficient (Wildman–Crippen LogP) is 0.609. The third-order valence-electron chi connectivity index (χ3n) is 2.45. The molecule has 0 saturated carbocycles. The van der Waals surface area contributed by atoms with Crippen molar-refractivity contribution in [3.63, 3.8) is 0 Å². The Hall–Kier alpha value is -1.07. The maximum Gasteiger partial charge on any atom is 0.228 e. The van der Waals surface area contributed by atoms with Gasteiger partial charge in [0.2, 0.25) is 5.91 Å². The maximum atomic E-state index is 11.6. The van der Waals surface area contributed by atoms with Crippen molar-refractivity contribution < 1.29 is 9.90 Å². The highest BCUT2D eigenvalue weighted by molar-refractivity contribution is 7.81. The van der Waals surface area contributed by atoms with E-state index in [2.05, 4.69) is 17.6 Å². The average molecular weight is 224 g/mol. The largest absolute Gasteiger partial charge is 0.392 e. The van der Waals surface area contributed by atoms with E-state index in [1.165, 1.54) is 0 Å². The molecule has 15 heavy (non-hydrogen) atoms. The van der Waals surface area contributed by atoms with Gasteiger partial charge in [-0.2, -0.15) is 12.6 Å². The Morgan fingerprint density at radius 2 is 2.47 bits per heavy atom. The molecule has 80 valence electrons. The van der Waals surface area contributed by atoms with Crippen molar-refractivity contribution >= 4 is 24.2 Å². The summed E-state index contributed by atoms with van der Waals surface area (Å²) in [6, 6.07) is 1.72. The molecule has 2 heterocycles. The van der Waals surface area contributed by atoms with Crippen LogP contribution in [-0.4, -0.2) is 27.8 Å². The molecule has 2 rings (SSSR count). The van der Waals surface area contributed by atoms with Crippen LogP contribution >= 0.6 is 12.6 Å². The lowest BCUT2D eigenvalue weighted by atomic mass is 10.2. The number of carbonyl (C=O) groups excluding carboxylic acids is 1. The SMILES string of the molecule is O=C1CC(S)CN1c1cnccc1CO. The normalized spacial score (nSPS) is 21.1. The van der Waals surface area contributed by atoms with Gasteiger partial charge in [0.1, 0.15) is 0 Å². The summed E-state index contributed by atoms with van der Waals surface area (Å²) in [5.41, 5.74) is 1.42. The minimum absolute atomic E-state index is 0.0395. The second kappa shape index (κ2) is 4.20. The number of pyridine rings is 1. The number of rotatable bonds is 2. The molecule has 1 amide bonds. The van der Waals surface area contributed by atoms with Crippen molar-refractivity contribution in [2.75, 3.05) is 11.4 Å². The molecule has 1 aliphatic heterocycles. The quantitative estimate of drug-likeness (QED) is 0.724. The average Bonchev–Trinajstić information content (AvgIpc) is 2.57. The summed E-state index contributed by atoms with van der Waals surface area (Å²) in [5.74, 6) is 0.0395. The first kappa shape index (κ1) is 10.4. The van der Waals surface area contributed by atoms with Crippen LogP contribution in [0, 0.1) is 0 Å². The van der Waals surface area contributed by atoms with Crippen LogP contribution in [0.2, 0.25) is 0 Å². The molecule has 1 aromatic rings. The highest BCUT2D eigenvalue weighted by Gasteiger charge is 2.29. The van der Waals surface area contributed by atoms with Crippen LogP contribution in [0.3, 0.4) is 0 Å².